The van der Waals surface area contributed by atoms with Gasteiger partial charge in [0.05, 0.1) is 18.4 Å². The molecule has 1 aliphatic carbocycles. The number of benzene rings is 2. The van der Waals surface area contributed by atoms with Crippen LogP contribution in [0.1, 0.15) is 60.0 Å². The zero-order valence-corrected chi connectivity index (χ0v) is 24.0. The number of nitrogens with zero attached hydrogens (tertiary/aromatic N) is 1. The first-order valence-corrected chi connectivity index (χ1v) is 16.0. The van der Waals surface area contributed by atoms with E-state index in [1.807, 2.05) is 18.2 Å². The Morgan fingerprint density at radius 3 is 2.70 bits per heavy atom. The molecule has 4 atom stereocenters. The van der Waals surface area contributed by atoms with Crippen LogP contribution in [0.15, 0.2) is 48.6 Å². The van der Waals surface area contributed by atoms with Crippen molar-refractivity contribution in [2.75, 3.05) is 24.6 Å². The van der Waals surface area contributed by atoms with Crippen molar-refractivity contribution in [1.29, 1.82) is 0 Å². The van der Waals surface area contributed by atoms with Gasteiger partial charge in [-0.15, -0.1) is 0 Å². The lowest BCUT2D eigenvalue weighted by Gasteiger charge is -2.42. The fourth-order valence-electron chi connectivity index (χ4n) is 5.91. The van der Waals surface area contributed by atoms with Gasteiger partial charge in [0.2, 0.25) is 10.0 Å². The number of nitrogens with one attached hydrogen (secondary N) is 1. The standard InChI is InChI=1S/C30H37ClN2O6S/c31-24-11-8-23-19-39-29-13-10-21-16-27(29)33(14-4-3-5-20(23)15-24)17-22-9-12-26(22)28(35)7-2-1-6-25(18-34)40(37,38)32-30(21)36/h2,7-8,10-11,13,15-16,22,25-26,28,34-35H,1,3-6,9,12,14,17-19H2,(H,32,36)/b7-2+/t22-,25-,26+,28-/m0/s1. The monoisotopic (exact) mass is 588 g/mol. The number of carbonyl (C=O) groups is 1. The fraction of sp³-hybridized carbons (Fsp3) is 0.500. The number of amides is 1. The Hall–Kier alpha value is -2.59. The molecule has 0 saturated heterocycles. The average molecular weight is 589 g/mol. The van der Waals surface area contributed by atoms with Gasteiger partial charge in [0.15, 0.2) is 0 Å². The Labute approximate surface area is 241 Å². The molecule has 1 amide bonds. The van der Waals surface area contributed by atoms with Crippen molar-refractivity contribution in [1.82, 2.24) is 4.72 Å². The van der Waals surface area contributed by atoms with E-state index >= 15 is 0 Å². The van der Waals surface area contributed by atoms with E-state index in [0.29, 0.717) is 30.3 Å². The van der Waals surface area contributed by atoms with Gasteiger partial charge < -0.3 is 19.8 Å². The summed E-state index contributed by atoms with van der Waals surface area (Å²) < 4.78 is 34.4. The predicted octanol–water partition coefficient (Wildman–Crippen LogP) is 4.22. The van der Waals surface area contributed by atoms with Crippen LogP contribution in [0.2, 0.25) is 5.02 Å². The summed E-state index contributed by atoms with van der Waals surface area (Å²) in [6.07, 6.45) is 8.02. The van der Waals surface area contributed by atoms with Gasteiger partial charge >= 0.3 is 0 Å². The van der Waals surface area contributed by atoms with Gasteiger partial charge in [-0.1, -0.05) is 29.8 Å². The maximum atomic E-state index is 13.2. The SMILES string of the molecule is O=C1NS(=O)(=O)[C@H](CO)CC/C=C/[C@H](O)[C@@H]2CC[C@H]2CN2CCCCc3cc(Cl)ccc3COc3ccc1cc32. The number of hydrogen-bond acceptors (Lipinski definition) is 7. The number of carbonyl (C=O) groups excluding carboxylic acids is 1. The summed E-state index contributed by atoms with van der Waals surface area (Å²) in [4.78, 5) is 15.4. The number of anilines is 1. The van der Waals surface area contributed by atoms with Gasteiger partial charge in [0.1, 0.15) is 17.6 Å². The van der Waals surface area contributed by atoms with Crippen molar-refractivity contribution in [3.05, 3.63) is 70.3 Å². The highest BCUT2D eigenvalue weighted by atomic mass is 35.5. The van der Waals surface area contributed by atoms with E-state index in [0.717, 1.165) is 55.5 Å². The minimum Gasteiger partial charge on any atom is -0.487 e. The van der Waals surface area contributed by atoms with E-state index < -0.39 is 33.9 Å². The van der Waals surface area contributed by atoms with Crippen molar-refractivity contribution < 1.29 is 28.2 Å². The Kier molecular flexibility index (Phi) is 9.05. The maximum Gasteiger partial charge on any atom is 0.264 e. The van der Waals surface area contributed by atoms with Crippen LogP contribution in [0.25, 0.3) is 0 Å². The smallest absolute Gasteiger partial charge is 0.264 e. The molecular weight excluding hydrogens is 552 g/mol. The third-order valence-corrected chi connectivity index (χ3v) is 10.4. The lowest BCUT2D eigenvalue weighted by molar-refractivity contribution is 0.0461. The van der Waals surface area contributed by atoms with Crippen molar-refractivity contribution in [2.45, 2.75) is 62.9 Å². The van der Waals surface area contributed by atoms with Gasteiger partial charge in [0.25, 0.3) is 5.91 Å². The maximum absolute atomic E-state index is 13.2. The second-order valence-electron chi connectivity index (χ2n) is 11.1. The highest BCUT2D eigenvalue weighted by molar-refractivity contribution is 7.90. The normalized spacial score (nSPS) is 28.0. The Bertz CT molecular complexity index is 1360. The third kappa shape index (κ3) is 6.48. The van der Waals surface area contributed by atoms with E-state index in [-0.39, 0.29) is 23.8 Å². The summed E-state index contributed by atoms with van der Waals surface area (Å²) >= 11 is 6.28. The van der Waals surface area contributed by atoms with Crippen LogP contribution in [-0.4, -0.2) is 55.6 Å². The lowest BCUT2D eigenvalue weighted by Crippen LogP contribution is -2.43. The van der Waals surface area contributed by atoms with Gasteiger partial charge in [-0.05, 0) is 98.2 Å². The van der Waals surface area contributed by atoms with Gasteiger partial charge in [0, 0.05) is 23.7 Å². The molecule has 5 rings (SSSR count). The molecule has 40 heavy (non-hydrogen) atoms. The quantitative estimate of drug-likeness (QED) is 0.427. The zero-order chi connectivity index (χ0) is 28.3. The van der Waals surface area contributed by atoms with E-state index in [1.54, 1.807) is 30.4 Å². The summed E-state index contributed by atoms with van der Waals surface area (Å²) in [5, 5.41) is 20.2. The molecule has 0 spiro atoms. The first kappa shape index (κ1) is 28.9. The summed E-state index contributed by atoms with van der Waals surface area (Å²) in [5.74, 6) is 0.231. The molecule has 0 aromatic heterocycles. The summed E-state index contributed by atoms with van der Waals surface area (Å²) in [7, 11) is -4.12. The van der Waals surface area contributed by atoms with Crippen LogP contribution in [0.4, 0.5) is 5.69 Å². The molecule has 2 bridgehead atoms. The number of rotatable bonds is 1. The molecule has 3 aliphatic rings. The Morgan fingerprint density at radius 1 is 1.07 bits per heavy atom. The van der Waals surface area contributed by atoms with E-state index in [9.17, 15) is 23.4 Å². The van der Waals surface area contributed by atoms with Gasteiger partial charge in [-0.2, -0.15) is 0 Å². The molecule has 2 aromatic carbocycles. The average Bonchev–Trinajstić information content (AvgIpc) is 2.93. The number of hydrogen-bond donors (Lipinski definition) is 3. The number of ether oxygens (including phenoxy) is 1. The van der Waals surface area contributed by atoms with Crippen LogP contribution >= 0.6 is 11.6 Å². The van der Waals surface area contributed by atoms with E-state index in [4.69, 9.17) is 16.3 Å². The predicted molar refractivity (Wildman–Crippen MR) is 155 cm³/mol. The van der Waals surface area contributed by atoms with E-state index in [2.05, 4.69) is 9.62 Å². The van der Waals surface area contributed by atoms with Crippen LogP contribution in [-0.2, 0) is 23.1 Å². The summed E-state index contributed by atoms with van der Waals surface area (Å²) in [6, 6.07) is 10.8. The van der Waals surface area contributed by atoms with Crippen molar-refractivity contribution in [2.24, 2.45) is 11.8 Å². The van der Waals surface area contributed by atoms with Crippen LogP contribution in [0, 0.1) is 11.8 Å². The van der Waals surface area contributed by atoms with Crippen molar-refractivity contribution in [3.63, 3.8) is 0 Å². The molecular formula is C30H37ClN2O6S. The highest BCUT2D eigenvalue weighted by Gasteiger charge is 2.37. The van der Waals surface area contributed by atoms with E-state index in [1.165, 1.54) is 0 Å². The number of aliphatic hydroxyl groups is 2. The molecule has 2 aromatic rings. The first-order valence-electron chi connectivity index (χ1n) is 14.1. The van der Waals surface area contributed by atoms with Gasteiger partial charge in [-0.25, -0.2) is 13.1 Å². The number of fused-ring (bicyclic) bond motifs is 3. The first-order chi connectivity index (χ1) is 19.2. The summed E-state index contributed by atoms with van der Waals surface area (Å²) in [6.45, 7) is 1.14. The molecule has 10 heteroatoms. The number of sulfonamides is 1. The molecule has 2 aliphatic heterocycles. The largest absolute Gasteiger partial charge is 0.487 e. The van der Waals surface area contributed by atoms with Gasteiger partial charge in [-0.3, -0.25) is 4.79 Å². The third-order valence-electron chi connectivity index (χ3n) is 8.47. The molecule has 3 N–H and O–H groups in total. The molecule has 1 saturated carbocycles. The Balaban J connectivity index is 1.53. The van der Waals surface area contributed by atoms with Crippen molar-refractivity contribution in [3.8, 4) is 5.75 Å². The number of halogens is 1. The minimum atomic E-state index is -4.12. The second kappa shape index (κ2) is 12.5. The van der Waals surface area contributed by atoms with Crippen molar-refractivity contribution >= 4 is 33.2 Å². The lowest BCUT2D eigenvalue weighted by atomic mass is 9.70. The van der Waals surface area contributed by atoms with Crippen LogP contribution < -0.4 is 14.4 Å². The fourth-order valence-corrected chi connectivity index (χ4v) is 7.29. The van der Waals surface area contributed by atoms with Crippen LogP contribution in [0.5, 0.6) is 5.75 Å². The highest BCUT2D eigenvalue weighted by Crippen LogP contribution is 2.41. The molecule has 0 radical (unpaired) electrons. The minimum absolute atomic E-state index is 0.0990. The second-order valence-corrected chi connectivity index (χ2v) is 13.5. The summed E-state index contributed by atoms with van der Waals surface area (Å²) in [5.41, 5.74) is 3.13. The molecule has 0 unspecified atom stereocenters. The topological polar surface area (TPSA) is 116 Å². The number of aliphatic hydroxyl groups excluding tert-OH is 2. The molecule has 1 fully saturated rings. The molecule has 8 nitrogen and oxygen atoms in total. The molecule has 2 heterocycles. The molecule has 216 valence electrons. The zero-order valence-electron chi connectivity index (χ0n) is 22.5. The Morgan fingerprint density at radius 2 is 1.93 bits per heavy atom. The number of aryl methyl sites for hydroxylation is 1. The van der Waals surface area contributed by atoms with Crippen LogP contribution in [0.3, 0.4) is 0 Å². The number of allylic oxidation sites excluding steroid dienone is 1.